The van der Waals surface area contributed by atoms with E-state index in [0.717, 1.165) is 0 Å². The molecule has 2 rings (SSSR count). The molecule has 0 spiro atoms. The van der Waals surface area contributed by atoms with Crippen molar-refractivity contribution in [2.75, 3.05) is 0 Å². The average molecular weight is 256 g/mol. The van der Waals surface area contributed by atoms with E-state index in [2.05, 4.69) is 0 Å². The maximum absolute atomic E-state index is 12.1. The summed E-state index contributed by atoms with van der Waals surface area (Å²) >= 11 is 5.06. The molecule has 0 radical (unpaired) electrons. The predicted octanol–water partition coefficient (Wildman–Crippen LogP) is 2.97. The largest absolute Gasteiger partial charge is 0.383 e. The van der Waals surface area contributed by atoms with Gasteiger partial charge in [-0.15, -0.1) is 0 Å². The van der Waals surface area contributed by atoms with Crippen molar-refractivity contribution in [1.29, 1.82) is 0 Å². The van der Waals surface area contributed by atoms with Crippen LogP contribution in [0.5, 0.6) is 0 Å². The lowest BCUT2D eigenvalue weighted by atomic mass is 10.00. The number of hydrogen-bond acceptors (Lipinski definition) is 3. The Morgan fingerprint density at radius 1 is 0.944 bits per heavy atom. The van der Waals surface area contributed by atoms with E-state index in [9.17, 15) is 9.90 Å². The third-order valence-corrected chi connectivity index (χ3v) is 3.03. The molecular formula is C15H12O2S. The van der Waals surface area contributed by atoms with Crippen LogP contribution in [0, 0.1) is 0 Å². The minimum absolute atomic E-state index is 0.0207. The number of benzene rings is 2. The molecule has 0 bridgehead atoms. The quantitative estimate of drug-likeness (QED) is 0.675. The first-order valence-corrected chi connectivity index (χ1v) is 5.97. The summed E-state index contributed by atoms with van der Waals surface area (Å²) in [5, 5.41) is 10.1. The van der Waals surface area contributed by atoms with Crippen LogP contribution in [0.25, 0.3) is 0 Å². The number of Topliss-reactive ketones (excluding diaryl/α,β-unsaturated/α-hetero) is 1. The van der Waals surface area contributed by atoms with E-state index >= 15 is 0 Å². The van der Waals surface area contributed by atoms with Crippen LogP contribution < -0.4 is 0 Å². The van der Waals surface area contributed by atoms with Gasteiger partial charge in [0.05, 0.1) is 4.86 Å². The van der Waals surface area contributed by atoms with Crippen LogP contribution in [0.1, 0.15) is 22.0 Å². The summed E-state index contributed by atoms with van der Waals surface area (Å²) in [5.41, 5.74) is 1.13. The molecule has 0 aliphatic carbocycles. The topological polar surface area (TPSA) is 37.3 Å². The summed E-state index contributed by atoms with van der Waals surface area (Å²) in [6, 6.07) is 17.7. The molecule has 0 fully saturated rings. The van der Waals surface area contributed by atoms with E-state index in [1.165, 1.54) is 0 Å². The first-order chi connectivity index (χ1) is 8.70. The second-order valence-corrected chi connectivity index (χ2v) is 4.31. The zero-order valence-corrected chi connectivity index (χ0v) is 10.4. The lowest BCUT2D eigenvalue weighted by Gasteiger charge is -2.11. The third-order valence-electron chi connectivity index (χ3n) is 2.62. The fourth-order valence-electron chi connectivity index (χ4n) is 1.64. The van der Waals surface area contributed by atoms with Crippen molar-refractivity contribution in [1.82, 2.24) is 0 Å². The Bertz CT molecular complexity index is 549. The van der Waals surface area contributed by atoms with Crippen molar-refractivity contribution >= 4 is 22.9 Å². The Balaban J connectivity index is 2.20. The van der Waals surface area contributed by atoms with Gasteiger partial charge in [0.15, 0.2) is 0 Å². The molecule has 1 N–H and O–H groups in total. The maximum atomic E-state index is 12.1. The first kappa shape index (κ1) is 12.6. The summed E-state index contributed by atoms with van der Waals surface area (Å²) in [4.78, 5) is 12.1. The summed E-state index contributed by atoms with van der Waals surface area (Å²) in [5.74, 6) is -0.304. The van der Waals surface area contributed by atoms with Gasteiger partial charge in [0.2, 0.25) is 5.78 Å². The molecule has 2 nitrogen and oxygen atoms in total. The van der Waals surface area contributed by atoms with E-state index in [1.54, 1.807) is 48.5 Å². The smallest absolute Gasteiger partial charge is 0.202 e. The zero-order valence-electron chi connectivity index (χ0n) is 9.61. The fourth-order valence-corrected chi connectivity index (χ4v) is 1.90. The van der Waals surface area contributed by atoms with Crippen LogP contribution in [-0.4, -0.2) is 15.8 Å². The van der Waals surface area contributed by atoms with E-state index in [4.69, 9.17) is 12.2 Å². The molecule has 2 aromatic carbocycles. The number of carbonyl (C=O) groups excluding carboxylic acids is 1. The van der Waals surface area contributed by atoms with Gasteiger partial charge < -0.3 is 5.11 Å². The van der Waals surface area contributed by atoms with Gasteiger partial charge in [-0.3, -0.25) is 4.79 Å². The zero-order chi connectivity index (χ0) is 13.0. The highest BCUT2D eigenvalue weighted by molar-refractivity contribution is 7.82. The minimum atomic E-state index is -1.03. The highest BCUT2D eigenvalue weighted by Gasteiger charge is 2.21. The van der Waals surface area contributed by atoms with E-state index in [1.807, 2.05) is 12.1 Å². The van der Waals surface area contributed by atoms with Gasteiger partial charge in [-0.05, 0) is 5.56 Å². The van der Waals surface area contributed by atoms with Gasteiger partial charge in [0.25, 0.3) is 0 Å². The number of rotatable bonds is 4. The SMILES string of the molecule is O=C(C(=S)C(O)c1ccccc1)c1ccccc1. The van der Waals surface area contributed by atoms with Crippen LogP contribution >= 0.6 is 12.2 Å². The van der Waals surface area contributed by atoms with Crippen molar-refractivity contribution in [2.45, 2.75) is 6.10 Å². The second-order valence-electron chi connectivity index (χ2n) is 3.87. The molecule has 1 unspecified atom stereocenters. The summed E-state index contributed by atoms with van der Waals surface area (Å²) in [6.07, 6.45) is -1.03. The van der Waals surface area contributed by atoms with Crippen molar-refractivity contribution in [2.24, 2.45) is 0 Å². The molecule has 0 saturated heterocycles. The lowest BCUT2D eigenvalue weighted by molar-refractivity contribution is 0.105. The Labute approximate surface area is 111 Å². The fraction of sp³-hybridized carbons (Fsp3) is 0.0667. The van der Waals surface area contributed by atoms with Gasteiger partial charge in [0, 0.05) is 5.56 Å². The van der Waals surface area contributed by atoms with Crippen molar-refractivity contribution in [3.8, 4) is 0 Å². The molecule has 18 heavy (non-hydrogen) atoms. The van der Waals surface area contributed by atoms with Crippen LogP contribution in [0.3, 0.4) is 0 Å². The number of aliphatic hydroxyl groups excluding tert-OH is 1. The van der Waals surface area contributed by atoms with Gasteiger partial charge in [-0.25, -0.2) is 0 Å². The Hall–Kier alpha value is -1.84. The number of aliphatic hydroxyl groups is 1. The number of thiocarbonyl (C=S) groups is 1. The molecular weight excluding hydrogens is 244 g/mol. The molecule has 0 aromatic heterocycles. The molecule has 0 heterocycles. The number of hydrogen-bond donors (Lipinski definition) is 1. The maximum Gasteiger partial charge on any atom is 0.202 e. The first-order valence-electron chi connectivity index (χ1n) is 5.57. The van der Waals surface area contributed by atoms with Crippen molar-refractivity contribution in [3.63, 3.8) is 0 Å². The number of ketones is 1. The summed E-state index contributed by atoms with van der Waals surface area (Å²) < 4.78 is 0. The molecule has 2 aromatic rings. The normalized spacial score (nSPS) is 11.8. The standard InChI is InChI=1S/C15H12O2S/c16-13(11-7-3-1-4-8-11)15(18)14(17)12-9-5-2-6-10-12/h1-10,13,16H. The van der Waals surface area contributed by atoms with Crippen LogP contribution in [-0.2, 0) is 0 Å². The van der Waals surface area contributed by atoms with Gasteiger partial charge in [0.1, 0.15) is 6.10 Å². The molecule has 90 valence electrons. The Morgan fingerprint density at radius 3 is 2.00 bits per heavy atom. The second kappa shape index (κ2) is 5.67. The molecule has 0 aliphatic rings. The van der Waals surface area contributed by atoms with Crippen molar-refractivity contribution < 1.29 is 9.90 Å². The summed E-state index contributed by atoms with van der Waals surface area (Å²) in [7, 11) is 0. The Morgan fingerprint density at radius 2 is 1.44 bits per heavy atom. The molecule has 0 amide bonds. The van der Waals surface area contributed by atoms with Gasteiger partial charge in [-0.2, -0.15) is 0 Å². The van der Waals surface area contributed by atoms with Crippen molar-refractivity contribution in [3.05, 3.63) is 71.8 Å². The molecule has 3 heteroatoms. The van der Waals surface area contributed by atoms with Gasteiger partial charge in [-0.1, -0.05) is 72.9 Å². The summed E-state index contributed by atoms with van der Waals surface area (Å²) in [6.45, 7) is 0. The van der Waals surface area contributed by atoms with E-state index in [-0.39, 0.29) is 10.6 Å². The van der Waals surface area contributed by atoms with E-state index < -0.39 is 6.10 Å². The highest BCUT2D eigenvalue weighted by Crippen LogP contribution is 2.17. The predicted molar refractivity (Wildman–Crippen MR) is 74.8 cm³/mol. The monoisotopic (exact) mass is 256 g/mol. The third kappa shape index (κ3) is 2.70. The number of carbonyl (C=O) groups is 1. The van der Waals surface area contributed by atoms with E-state index in [0.29, 0.717) is 11.1 Å². The molecule has 0 aliphatic heterocycles. The van der Waals surface area contributed by atoms with Crippen LogP contribution in [0.4, 0.5) is 0 Å². The van der Waals surface area contributed by atoms with Crippen LogP contribution in [0.15, 0.2) is 60.7 Å². The molecule has 1 atom stereocenters. The van der Waals surface area contributed by atoms with Crippen LogP contribution in [0.2, 0.25) is 0 Å². The average Bonchev–Trinajstić information content (AvgIpc) is 2.47. The highest BCUT2D eigenvalue weighted by atomic mass is 32.1. The van der Waals surface area contributed by atoms with Gasteiger partial charge >= 0.3 is 0 Å². The molecule has 0 saturated carbocycles. The minimum Gasteiger partial charge on any atom is -0.383 e. The lowest BCUT2D eigenvalue weighted by Crippen LogP contribution is -2.20. The Kier molecular flexibility index (Phi) is 3.97.